The Labute approximate surface area is 164 Å². The highest BCUT2D eigenvalue weighted by molar-refractivity contribution is 5.89. The number of nitrogens with zero attached hydrogens (tertiary/aromatic N) is 1. The first-order chi connectivity index (χ1) is 13.3. The molecule has 0 aromatic heterocycles. The lowest BCUT2D eigenvalue weighted by molar-refractivity contribution is -0.152. The molecule has 28 heavy (non-hydrogen) atoms. The van der Waals surface area contributed by atoms with E-state index in [0.717, 1.165) is 5.56 Å². The summed E-state index contributed by atoms with van der Waals surface area (Å²) < 4.78 is 5.02. The molecule has 3 amide bonds. The maximum Gasteiger partial charge on any atom is 0.311 e. The second kappa shape index (κ2) is 9.87. The minimum absolute atomic E-state index is 0.0247. The first-order valence-electron chi connectivity index (χ1n) is 9.35. The van der Waals surface area contributed by atoms with Crippen LogP contribution < -0.4 is 10.6 Å². The number of carbonyl (C=O) groups is 4. The van der Waals surface area contributed by atoms with Crippen LogP contribution in [0.2, 0.25) is 0 Å². The minimum atomic E-state index is -0.601. The molecule has 2 N–H and O–H groups in total. The Morgan fingerprint density at radius 2 is 1.82 bits per heavy atom. The Morgan fingerprint density at radius 1 is 1.14 bits per heavy atom. The monoisotopic (exact) mass is 389 g/mol. The van der Waals surface area contributed by atoms with Crippen LogP contribution in [0.3, 0.4) is 0 Å². The van der Waals surface area contributed by atoms with E-state index in [2.05, 4.69) is 10.6 Å². The van der Waals surface area contributed by atoms with Crippen molar-refractivity contribution < 1.29 is 23.9 Å². The number of rotatable bonds is 8. The highest BCUT2D eigenvalue weighted by Crippen LogP contribution is 2.28. The predicted molar refractivity (Wildman–Crippen MR) is 102 cm³/mol. The zero-order valence-corrected chi connectivity index (χ0v) is 16.4. The molecule has 0 unspecified atom stereocenters. The highest BCUT2D eigenvalue weighted by Gasteiger charge is 2.38. The second-order valence-electron chi connectivity index (χ2n) is 7.14. The quantitative estimate of drug-likeness (QED) is 0.640. The Bertz CT molecular complexity index is 720. The number of amides is 3. The van der Waals surface area contributed by atoms with Crippen LogP contribution in [0.1, 0.15) is 38.8 Å². The minimum Gasteiger partial charge on any atom is -0.455 e. The smallest absolute Gasteiger partial charge is 0.311 e. The van der Waals surface area contributed by atoms with Crippen LogP contribution in [0.5, 0.6) is 0 Å². The van der Waals surface area contributed by atoms with Gasteiger partial charge in [0.1, 0.15) is 0 Å². The van der Waals surface area contributed by atoms with Crippen molar-refractivity contribution in [2.75, 3.05) is 19.7 Å². The third-order valence-electron chi connectivity index (χ3n) is 4.48. The molecular weight excluding hydrogens is 362 g/mol. The van der Waals surface area contributed by atoms with Gasteiger partial charge in [0.2, 0.25) is 11.8 Å². The third-order valence-corrected chi connectivity index (χ3v) is 4.48. The topological polar surface area (TPSA) is 105 Å². The maximum atomic E-state index is 12.3. The zero-order valence-electron chi connectivity index (χ0n) is 16.4. The van der Waals surface area contributed by atoms with Crippen LogP contribution >= 0.6 is 0 Å². The fraction of sp³-hybridized carbons (Fsp3) is 0.500. The molecule has 1 aromatic rings. The molecule has 1 aliphatic heterocycles. The van der Waals surface area contributed by atoms with Gasteiger partial charge >= 0.3 is 5.97 Å². The molecule has 2 atom stereocenters. The van der Waals surface area contributed by atoms with E-state index in [4.69, 9.17) is 4.74 Å². The summed E-state index contributed by atoms with van der Waals surface area (Å²) in [6.45, 7) is 5.13. The van der Waals surface area contributed by atoms with Crippen molar-refractivity contribution in [2.45, 2.75) is 39.3 Å². The third kappa shape index (κ3) is 6.07. The molecule has 0 radical (unpaired) electrons. The van der Waals surface area contributed by atoms with E-state index in [1.807, 2.05) is 51.1 Å². The second-order valence-corrected chi connectivity index (χ2v) is 7.14. The number of benzene rings is 1. The number of carbonyl (C=O) groups excluding carboxylic acids is 4. The first kappa shape index (κ1) is 21.4. The summed E-state index contributed by atoms with van der Waals surface area (Å²) >= 11 is 0. The fourth-order valence-electron chi connectivity index (χ4n) is 3.03. The Hall–Kier alpha value is -2.90. The highest BCUT2D eigenvalue weighted by atomic mass is 16.5. The summed E-state index contributed by atoms with van der Waals surface area (Å²) in [5.41, 5.74) is 0.990. The van der Waals surface area contributed by atoms with Crippen molar-refractivity contribution in [1.29, 1.82) is 0 Å². The van der Waals surface area contributed by atoms with E-state index in [9.17, 15) is 19.2 Å². The van der Waals surface area contributed by atoms with Crippen molar-refractivity contribution in [3.63, 3.8) is 0 Å². The molecule has 0 bridgehead atoms. The molecule has 1 aliphatic rings. The van der Waals surface area contributed by atoms with Gasteiger partial charge in [-0.15, -0.1) is 0 Å². The van der Waals surface area contributed by atoms with Crippen LogP contribution in [-0.2, 0) is 23.9 Å². The molecule has 2 rings (SSSR count). The molecule has 1 aromatic carbocycles. The maximum absolute atomic E-state index is 12.3. The fourth-order valence-corrected chi connectivity index (χ4v) is 3.03. The summed E-state index contributed by atoms with van der Waals surface area (Å²) in [7, 11) is 0. The van der Waals surface area contributed by atoms with Crippen molar-refractivity contribution in [1.82, 2.24) is 15.5 Å². The largest absolute Gasteiger partial charge is 0.455 e. The Balaban J connectivity index is 1.78. The number of likely N-dealkylation sites (tertiary alicyclic amines) is 1. The number of nitrogens with one attached hydrogen (secondary N) is 2. The van der Waals surface area contributed by atoms with Crippen LogP contribution in [0.25, 0.3) is 0 Å². The lowest BCUT2D eigenvalue weighted by atomic mass is 10.1. The van der Waals surface area contributed by atoms with Gasteiger partial charge in [-0.3, -0.25) is 19.2 Å². The number of esters is 1. The molecule has 0 aliphatic carbocycles. The number of hydrogen-bond acceptors (Lipinski definition) is 5. The Kier molecular flexibility index (Phi) is 7.54. The van der Waals surface area contributed by atoms with E-state index in [-0.39, 0.29) is 43.4 Å². The van der Waals surface area contributed by atoms with Gasteiger partial charge in [0.15, 0.2) is 6.61 Å². The normalized spacial score (nSPS) is 17.4. The molecule has 1 fully saturated rings. The predicted octanol–water partition coefficient (Wildman–Crippen LogP) is 0.780. The first-order valence-corrected chi connectivity index (χ1v) is 9.35. The summed E-state index contributed by atoms with van der Waals surface area (Å²) in [5, 5.41) is 5.02. The average Bonchev–Trinajstić information content (AvgIpc) is 3.05. The van der Waals surface area contributed by atoms with Crippen molar-refractivity contribution in [3.05, 3.63) is 35.9 Å². The molecule has 1 heterocycles. The average molecular weight is 389 g/mol. The molecule has 0 saturated carbocycles. The standard InChI is InChI=1S/C20H27N3O5/c1-13(2)22-17(24)10-21-18(25)12-28-20(27)16-9-19(26)23(11-16)14(3)15-7-5-4-6-8-15/h4-8,13-14,16H,9-12H2,1-3H3,(H,21,25)(H,22,24)/t14-,16+/m1/s1. The Morgan fingerprint density at radius 3 is 2.46 bits per heavy atom. The van der Waals surface area contributed by atoms with Gasteiger partial charge in [-0.1, -0.05) is 30.3 Å². The van der Waals surface area contributed by atoms with Crippen LogP contribution in [0, 0.1) is 5.92 Å². The van der Waals surface area contributed by atoms with Crippen LogP contribution in [0.4, 0.5) is 0 Å². The van der Waals surface area contributed by atoms with E-state index in [0.29, 0.717) is 0 Å². The molecule has 1 saturated heterocycles. The van der Waals surface area contributed by atoms with Gasteiger partial charge in [-0.25, -0.2) is 0 Å². The van der Waals surface area contributed by atoms with Gasteiger partial charge in [-0.2, -0.15) is 0 Å². The molecule has 0 spiro atoms. The van der Waals surface area contributed by atoms with E-state index in [1.54, 1.807) is 4.90 Å². The van der Waals surface area contributed by atoms with Gasteiger partial charge in [0, 0.05) is 19.0 Å². The SMILES string of the molecule is CC(C)NC(=O)CNC(=O)COC(=O)[C@H]1CC(=O)N([C@H](C)c2ccccc2)C1. The number of ether oxygens (including phenoxy) is 1. The van der Waals surface area contributed by atoms with Gasteiger partial charge in [-0.05, 0) is 26.3 Å². The summed E-state index contributed by atoms with van der Waals surface area (Å²) in [4.78, 5) is 49.4. The van der Waals surface area contributed by atoms with Crippen molar-refractivity contribution in [3.8, 4) is 0 Å². The molecule has 8 nitrogen and oxygen atoms in total. The van der Waals surface area contributed by atoms with Gasteiger partial charge in [0.05, 0.1) is 18.5 Å². The van der Waals surface area contributed by atoms with Gasteiger partial charge < -0.3 is 20.3 Å². The molecule has 152 valence electrons. The van der Waals surface area contributed by atoms with Crippen molar-refractivity contribution in [2.24, 2.45) is 5.92 Å². The summed E-state index contributed by atoms with van der Waals surface area (Å²) in [6, 6.07) is 9.40. The lowest BCUT2D eigenvalue weighted by Crippen LogP contribution is -2.41. The van der Waals surface area contributed by atoms with Crippen LogP contribution in [0.15, 0.2) is 30.3 Å². The lowest BCUT2D eigenvalue weighted by Gasteiger charge is -2.25. The van der Waals surface area contributed by atoms with Gasteiger partial charge in [0.25, 0.3) is 5.91 Å². The number of hydrogen-bond donors (Lipinski definition) is 2. The van der Waals surface area contributed by atoms with Crippen LogP contribution in [-0.4, -0.2) is 54.3 Å². The molecular formula is C20H27N3O5. The van der Waals surface area contributed by atoms with E-state index >= 15 is 0 Å². The summed E-state index contributed by atoms with van der Waals surface area (Å²) in [6.07, 6.45) is 0.0639. The molecule has 8 heteroatoms. The zero-order chi connectivity index (χ0) is 20.7. The summed E-state index contributed by atoms with van der Waals surface area (Å²) in [5.74, 6) is -2.19. The van der Waals surface area contributed by atoms with Crippen molar-refractivity contribution >= 4 is 23.7 Å². The van der Waals surface area contributed by atoms with E-state index < -0.39 is 24.4 Å². The van der Waals surface area contributed by atoms with E-state index in [1.165, 1.54) is 0 Å².